The smallest absolute Gasteiger partial charge is 0.254 e. The van der Waals surface area contributed by atoms with Gasteiger partial charge < -0.3 is 9.64 Å². The quantitative estimate of drug-likeness (QED) is 0.569. The molecule has 1 aromatic carbocycles. The van der Waals surface area contributed by atoms with Gasteiger partial charge in [0, 0.05) is 50.9 Å². The van der Waals surface area contributed by atoms with E-state index < -0.39 is 0 Å². The van der Waals surface area contributed by atoms with Crippen LogP contribution in [0.5, 0.6) is 5.75 Å². The summed E-state index contributed by atoms with van der Waals surface area (Å²) in [6.07, 6.45) is 5.14. The van der Waals surface area contributed by atoms with Gasteiger partial charge >= 0.3 is 0 Å². The van der Waals surface area contributed by atoms with E-state index in [1.165, 1.54) is 5.56 Å². The maximum atomic E-state index is 13.5. The van der Waals surface area contributed by atoms with E-state index in [0.29, 0.717) is 5.92 Å². The van der Waals surface area contributed by atoms with Gasteiger partial charge in [-0.05, 0) is 43.0 Å². The number of ether oxygens (including phenoxy) is 1. The van der Waals surface area contributed by atoms with Crippen molar-refractivity contribution < 1.29 is 9.53 Å². The maximum absolute atomic E-state index is 13.5. The Bertz CT molecular complexity index is 1100. The highest BCUT2D eigenvalue weighted by molar-refractivity contribution is 6.05. The molecule has 3 aromatic rings. The average Bonchev–Trinajstić information content (AvgIpc) is 3.61. The summed E-state index contributed by atoms with van der Waals surface area (Å²) >= 11 is 0. The molecule has 2 aliphatic rings. The van der Waals surface area contributed by atoms with Gasteiger partial charge in [-0.1, -0.05) is 19.1 Å². The van der Waals surface area contributed by atoms with Crippen molar-refractivity contribution in [1.82, 2.24) is 24.6 Å². The number of benzene rings is 1. The van der Waals surface area contributed by atoms with Crippen molar-refractivity contribution in [3.05, 3.63) is 53.3 Å². The van der Waals surface area contributed by atoms with Crippen molar-refractivity contribution in [2.24, 2.45) is 0 Å². The van der Waals surface area contributed by atoms with Gasteiger partial charge in [0.1, 0.15) is 5.75 Å². The first-order chi connectivity index (χ1) is 15.7. The Hall–Kier alpha value is -2.93. The number of pyridine rings is 1. The van der Waals surface area contributed by atoms with Gasteiger partial charge in [0.25, 0.3) is 5.91 Å². The number of rotatable bonds is 7. The Kier molecular flexibility index (Phi) is 5.83. The van der Waals surface area contributed by atoms with E-state index in [0.717, 1.165) is 86.6 Å². The molecule has 0 unspecified atom stereocenters. The number of methoxy groups -OCH3 is 1. The Labute approximate surface area is 189 Å². The van der Waals surface area contributed by atoms with Crippen LogP contribution in [0.1, 0.15) is 53.7 Å². The predicted molar refractivity (Wildman–Crippen MR) is 124 cm³/mol. The Balaban J connectivity index is 1.30. The number of aryl methyl sites for hydroxylation is 1. The normalized spacial score (nSPS) is 17.1. The predicted octanol–water partition coefficient (Wildman–Crippen LogP) is 3.69. The molecular weight excluding hydrogens is 402 g/mol. The second-order valence-corrected chi connectivity index (χ2v) is 8.89. The van der Waals surface area contributed by atoms with Crippen molar-refractivity contribution >= 4 is 16.9 Å². The number of hydrogen-bond donors (Lipinski definition) is 0. The summed E-state index contributed by atoms with van der Waals surface area (Å²) in [6, 6.07) is 10.2. The number of piperazine rings is 1. The standard InChI is InChI=1S/C25H31N5O2/c1-3-10-30-24-22(16-26-30)21(15-23(27-24)19-6-7-19)25(31)29-13-11-28(12-14-29)17-18-4-8-20(32-2)9-5-18/h4-5,8-9,15-16,19H,3,6-7,10-14,17H2,1-2H3. The second kappa shape index (κ2) is 8.90. The summed E-state index contributed by atoms with van der Waals surface area (Å²) in [6.45, 7) is 7.06. The van der Waals surface area contributed by atoms with Gasteiger partial charge in [0.15, 0.2) is 5.65 Å². The second-order valence-electron chi connectivity index (χ2n) is 8.89. The molecule has 7 heteroatoms. The molecule has 0 atom stereocenters. The molecule has 1 amide bonds. The molecule has 32 heavy (non-hydrogen) atoms. The minimum Gasteiger partial charge on any atom is -0.497 e. The molecule has 1 aliphatic heterocycles. The van der Waals surface area contributed by atoms with Gasteiger partial charge in [0.2, 0.25) is 0 Å². The number of hydrogen-bond acceptors (Lipinski definition) is 5. The van der Waals surface area contributed by atoms with Gasteiger partial charge in [-0.15, -0.1) is 0 Å². The Morgan fingerprint density at radius 2 is 1.88 bits per heavy atom. The molecular formula is C25H31N5O2. The summed E-state index contributed by atoms with van der Waals surface area (Å²) in [5, 5.41) is 5.41. The average molecular weight is 434 g/mol. The lowest BCUT2D eigenvalue weighted by atomic mass is 10.1. The topological polar surface area (TPSA) is 63.5 Å². The molecule has 0 N–H and O–H groups in total. The van der Waals surface area contributed by atoms with Crippen LogP contribution in [0.3, 0.4) is 0 Å². The van der Waals surface area contributed by atoms with Crippen LogP contribution in [0, 0.1) is 0 Å². The fraction of sp³-hybridized carbons (Fsp3) is 0.480. The van der Waals surface area contributed by atoms with Crippen molar-refractivity contribution in [3.8, 4) is 5.75 Å². The molecule has 0 bridgehead atoms. The minimum atomic E-state index is 0.111. The molecule has 1 saturated carbocycles. The third-order valence-electron chi connectivity index (χ3n) is 6.52. The summed E-state index contributed by atoms with van der Waals surface area (Å²) in [4.78, 5) is 22.8. The molecule has 2 aromatic heterocycles. The van der Waals surface area contributed by atoms with Crippen LogP contribution >= 0.6 is 0 Å². The molecule has 5 rings (SSSR count). The Morgan fingerprint density at radius 3 is 2.53 bits per heavy atom. The number of fused-ring (bicyclic) bond motifs is 1. The lowest BCUT2D eigenvalue weighted by molar-refractivity contribution is 0.0630. The van der Waals surface area contributed by atoms with Crippen LogP contribution in [0.2, 0.25) is 0 Å². The lowest BCUT2D eigenvalue weighted by Gasteiger charge is -2.35. The first-order valence-corrected chi connectivity index (χ1v) is 11.7. The van der Waals surface area contributed by atoms with Crippen molar-refractivity contribution in [3.63, 3.8) is 0 Å². The summed E-state index contributed by atoms with van der Waals surface area (Å²) in [5.74, 6) is 1.48. The third kappa shape index (κ3) is 4.21. The Morgan fingerprint density at radius 1 is 1.12 bits per heavy atom. The summed E-state index contributed by atoms with van der Waals surface area (Å²) in [5.41, 5.74) is 3.94. The van der Waals surface area contributed by atoms with E-state index in [-0.39, 0.29) is 5.91 Å². The zero-order chi connectivity index (χ0) is 22.1. The van der Waals surface area contributed by atoms with Gasteiger partial charge in [0.05, 0.1) is 24.3 Å². The minimum absolute atomic E-state index is 0.111. The fourth-order valence-electron chi connectivity index (χ4n) is 4.48. The first-order valence-electron chi connectivity index (χ1n) is 11.7. The van der Waals surface area contributed by atoms with E-state index in [2.05, 4.69) is 29.1 Å². The first kappa shape index (κ1) is 20.9. The van der Waals surface area contributed by atoms with Crippen LogP contribution in [0.4, 0.5) is 0 Å². The monoisotopic (exact) mass is 433 g/mol. The number of amides is 1. The largest absolute Gasteiger partial charge is 0.497 e. The molecule has 3 heterocycles. The molecule has 2 fully saturated rings. The lowest BCUT2D eigenvalue weighted by Crippen LogP contribution is -2.48. The molecule has 7 nitrogen and oxygen atoms in total. The fourth-order valence-corrected chi connectivity index (χ4v) is 4.48. The van der Waals surface area contributed by atoms with Crippen molar-refractivity contribution in [2.75, 3.05) is 33.3 Å². The molecule has 0 radical (unpaired) electrons. The van der Waals surface area contributed by atoms with E-state index in [1.807, 2.05) is 34.0 Å². The van der Waals surface area contributed by atoms with Crippen LogP contribution < -0.4 is 4.74 Å². The van der Waals surface area contributed by atoms with Gasteiger partial charge in [-0.2, -0.15) is 5.10 Å². The number of nitrogens with zero attached hydrogens (tertiary/aromatic N) is 5. The summed E-state index contributed by atoms with van der Waals surface area (Å²) in [7, 11) is 1.68. The van der Waals surface area contributed by atoms with Gasteiger partial charge in [-0.25, -0.2) is 9.67 Å². The van der Waals surface area contributed by atoms with Crippen molar-refractivity contribution in [1.29, 1.82) is 0 Å². The highest BCUT2D eigenvalue weighted by Crippen LogP contribution is 2.40. The van der Waals surface area contributed by atoms with Crippen LogP contribution in [-0.2, 0) is 13.1 Å². The van der Waals surface area contributed by atoms with Crippen LogP contribution in [-0.4, -0.2) is 63.8 Å². The van der Waals surface area contributed by atoms with E-state index >= 15 is 0 Å². The number of aromatic nitrogens is 3. The van der Waals surface area contributed by atoms with Crippen LogP contribution in [0.15, 0.2) is 36.5 Å². The van der Waals surface area contributed by atoms with E-state index in [9.17, 15) is 4.79 Å². The highest BCUT2D eigenvalue weighted by atomic mass is 16.5. The van der Waals surface area contributed by atoms with E-state index in [4.69, 9.17) is 9.72 Å². The van der Waals surface area contributed by atoms with Gasteiger partial charge in [-0.3, -0.25) is 9.69 Å². The molecule has 0 spiro atoms. The maximum Gasteiger partial charge on any atom is 0.254 e. The third-order valence-corrected chi connectivity index (χ3v) is 6.52. The molecule has 1 saturated heterocycles. The number of carbonyl (C=O) groups excluding carboxylic acids is 1. The summed E-state index contributed by atoms with van der Waals surface area (Å²) < 4.78 is 7.20. The SMILES string of the molecule is CCCn1ncc2c(C(=O)N3CCN(Cc4ccc(OC)cc4)CC3)cc(C3CC3)nc21. The molecule has 1 aliphatic carbocycles. The highest BCUT2D eigenvalue weighted by Gasteiger charge is 2.30. The zero-order valence-corrected chi connectivity index (χ0v) is 19.0. The van der Waals surface area contributed by atoms with Crippen LogP contribution in [0.25, 0.3) is 11.0 Å². The van der Waals surface area contributed by atoms with Crippen molar-refractivity contribution in [2.45, 2.75) is 45.2 Å². The zero-order valence-electron chi connectivity index (χ0n) is 19.0. The number of carbonyl (C=O) groups is 1. The van der Waals surface area contributed by atoms with E-state index in [1.54, 1.807) is 7.11 Å². The molecule has 168 valence electrons.